The van der Waals surface area contributed by atoms with Crippen LogP contribution in [0, 0.1) is 5.92 Å². The second kappa shape index (κ2) is 11.1. The van der Waals surface area contributed by atoms with Gasteiger partial charge < -0.3 is 15.0 Å². The maximum Gasteiger partial charge on any atom is 0.317 e. The van der Waals surface area contributed by atoms with Gasteiger partial charge in [-0.25, -0.2) is 13.2 Å². The summed E-state index contributed by atoms with van der Waals surface area (Å²) in [7, 11) is -3.63. The minimum atomic E-state index is -3.63. The molecule has 202 valence electrons. The lowest BCUT2D eigenvalue weighted by atomic mass is 10.1. The average Bonchev–Trinajstić information content (AvgIpc) is 3.41. The smallest absolute Gasteiger partial charge is 0.317 e. The molecule has 3 aromatic rings. The highest BCUT2D eigenvalue weighted by Crippen LogP contribution is 2.28. The molecule has 2 atom stereocenters. The van der Waals surface area contributed by atoms with E-state index in [-0.39, 0.29) is 59.8 Å². The van der Waals surface area contributed by atoms with Crippen molar-refractivity contribution in [2.75, 3.05) is 31.9 Å². The summed E-state index contributed by atoms with van der Waals surface area (Å²) in [6, 6.07) is 21.7. The number of rotatable bonds is 8. The highest BCUT2D eigenvalue weighted by atomic mass is 32.2. The second-order valence-corrected chi connectivity index (χ2v) is 12.1. The van der Waals surface area contributed by atoms with Crippen LogP contribution < -0.4 is 10.1 Å². The van der Waals surface area contributed by atoms with Crippen LogP contribution in [0.5, 0.6) is 11.5 Å². The van der Waals surface area contributed by atoms with Crippen LogP contribution in [0.1, 0.15) is 20.7 Å². The van der Waals surface area contributed by atoms with Gasteiger partial charge in [-0.2, -0.15) is 12.6 Å². The first-order valence-electron chi connectivity index (χ1n) is 12.4. The van der Waals surface area contributed by atoms with Crippen LogP contribution in [0.15, 0.2) is 83.8 Å². The standard InChI is InChI=1S/C28H27N3O6S2/c32-26-23-8-4-5-9-24(23)27(33)31(26)15-14-29-28(34)30-16-19(25(38)17-30)18-39(35,36)22-12-10-21(11-13-22)37-20-6-2-1-3-7-20/h1-13,19,25,38H,14-18H2,(H,29,34)/t19-,25+/m1/s1. The van der Waals surface area contributed by atoms with Crippen molar-refractivity contribution < 1.29 is 27.5 Å². The number of likely N-dealkylation sites (tertiary alicyclic amines) is 1. The van der Waals surface area contributed by atoms with Crippen LogP contribution in [0.2, 0.25) is 0 Å². The van der Waals surface area contributed by atoms with E-state index in [4.69, 9.17) is 4.74 Å². The van der Waals surface area contributed by atoms with Gasteiger partial charge in [-0.05, 0) is 48.5 Å². The zero-order valence-corrected chi connectivity index (χ0v) is 22.6. The molecule has 11 heteroatoms. The molecule has 1 N–H and O–H groups in total. The van der Waals surface area contributed by atoms with Crippen molar-refractivity contribution in [3.63, 3.8) is 0 Å². The first-order chi connectivity index (χ1) is 18.7. The number of sulfone groups is 1. The topological polar surface area (TPSA) is 113 Å². The van der Waals surface area contributed by atoms with E-state index < -0.39 is 15.9 Å². The summed E-state index contributed by atoms with van der Waals surface area (Å²) in [6.45, 7) is 0.629. The van der Waals surface area contributed by atoms with E-state index in [2.05, 4.69) is 17.9 Å². The normalized spacial score (nSPS) is 18.8. The summed E-state index contributed by atoms with van der Waals surface area (Å²) in [4.78, 5) is 40.5. The quantitative estimate of drug-likeness (QED) is 0.319. The number of nitrogens with zero attached hydrogens (tertiary/aromatic N) is 2. The lowest BCUT2D eigenvalue weighted by Gasteiger charge is -2.19. The van der Waals surface area contributed by atoms with Crippen LogP contribution >= 0.6 is 12.6 Å². The van der Waals surface area contributed by atoms with Crippen LogP contribution in [-0.4, -0.2) is 73.2 Å². The Labute approximate surface area is 232 Å². The molecule has 0 radical (unpaired) electrons. The number of carbonyl (C=O) groups is 3. The number of hydrogen-bond acceptors (Lipinski definition) is 7. The van der Waals surface area contributed by atoms with Crippen molar-refractivity contribution in [3.05, 3.63) is 90.0 Å². The number of thiol groups is 1. The maximum atomic E-state index is 13.1. The summed E-state index contributed by atoms with van der Waals surface area (Å²) < 4.78 is 31.9. The van der Waals surface area contributed by atoms with Crippen LogP contribution in [-0.2, 0) is 9.84 Å². The van der Waals surface area contributed by atoms with Crippen molar-refractivity contribution in [2.24, 2.45) is 5.92 Å². The summed E-state index contributed by atoms with van der Waals surface area (Å²) in [5.41, 5.74) is 0.711. The molecule has 0 saturated carbocycles. The third-order valence-corrected chi connectivity index (χ3v) is 9.22. The van der Waals surface area contributed by atoms with Crippen LogP contribution in [0.3, 0.4) is 0 Å². The number of hydrogen-bond donors (Lipinski definition) is 2. The predicted octanol–water partition coefficient (Wildman–Crippen LogP) is 3.49. The number of carbonyl (C=O) groups excluding carboxylic acids is 3. The molecule has 0 unspecified atom stereocenters. The molecule has 4 amide bonds. The number of amides is 4. The zero-order valence-electron chi connectivity index (χ0n) is 20.9. The van der Waals surface area contributed by atoms with Gasteiger partial charge in [0.05, 0.1) is 21.8 Å². The molecule has 2 heterocycles. The van der Waals surface area contributed by atoms with Gasteiger partial charge in [0, 0.05) is 37.3 Å². The fourth-order valence-corrected chi connectivity index (χ4v) is 6.91. The Morgan fingerprint density at radius 3 is 2.10 bits per heavy atom. The van der Waals surface area contributed by atoms with E-state index >= 15 is 0 Å². The highest BCUT2D eigenvalue weighted by Gasteiger charge is 2.37. The van der Waals surface area contributed by atoms with Crippen molar-refractivity contribution in [3.8, 4) is 11.5 Å². The summed E-state index contributed by atoms with van der Waals surface area (Å²) >= 11 is 4.55. The molecule has 0 aromatic heterocycles. The SMILES string of the molecule is O=C(NCCN1C(=O)c2ccccc2C1=O)N1C[C@H](CS(=O)(=O)c2ccc(Oc3ccccc3)cc2)[C@@H](S)C1. The molecule has 39 heavy (non-hydrogen) atoms. The van der Waals surface area contributed by atoms with E-state index in [1.165, 1.54) is 17.0 Å². The number of urea groups is 1. The fourth-order valence-electron chi connectivity index (χ4n) is 4.73. The minimum absolute atomic E-state index is 0.0397. The maximum absolute atomic E-state index is 13.1. The van der Waals surface area contributed by atoms with Crippen molar-refractivity contribution in [1.29, 1.82) is 0 Å². The molecular weight excluding hydrogens is 538 g/mol. The number of imide groups is 1. The van der Waals surface area contributed by atoms with E-state index in [1.54, 1.807) is 36.4 Å². The Morgan fingerprint density at radius 1 is 0.872 bits per heavy atom. The summed E-state index contributed by atoms with van der Waals surface area (Å²) in [5.74, 6) is -0.103. The molecule has 0 bridgehead atoms. The molecule has 2 aliphatic rings. The molecule has 1 saturated heterocycles. The van der Waals surface area contributed by atoms with Crippen molar-refractivity contribution in [1.82, 2.24) is 15.1 Å². The first kappa shape index (κ1) is 26.8. The lowest BCUT2D eigenvalue weighted by Crippen LogP contribution is -2.43. The van der Waals surface area contributed by atoms with Gasteiger partial charge in [-0.3, -0.25) is 14.5 Å². The second-order valence-electron chi connectivity index (χ2n) is 9.44. The highest BCUT2D eigenvalue weighted by molar-refractivity contribution is 7.91. The lowest BCUT2D eigenvalue weighted by molar-refractivity contribution is 0.0655. The molecule has 1 fully saturated rings. The molecule has 9 nitrogen and oxygen atoms in total. The van der Waals surface area contributed by atoms with E-state index in [0.29, 0.717) is 22.6 Å². The van der Waals surface area contributed by atoms with Gasteiger partial charge in [0.1, 0.15) is 11.5 Å². The Kier molecular flexibility index (Phi) is 7.62. The van der Waals surface area contributed by atoms with Gasteiger partial charge in [0.25, 0.3) is 11.8 Å². The Hall–Kier alpha value is -3.83. The molecule has 0 aliphatic carbocycles. The number of para-hydroxylation sites is 1. The average molecular weight is 566 g/mol. The number of benzene rings is 3. The largest absolute Gasteiger partial charge is 0.457 e. The molecule has 0 spiro atoms. The Morgan fingerprint density at radius 2 is 1.46 bits per heavy atom. The molecule has 5 rings (SSSR count). The molecule has 2 aliphatic heterocycles. The fraction of sp³-hybridized carbons (Fsp3) is 0.250. The summed E-state index contributed by atoms with van der Waals surface area (Å²) in [6.07, 6.45) is 0. The number of nitrogens with one attached hydrogen (secondary N) is 1. The van der Waals surface area contributed by atoms with Gasteiger partial charge >= 0.3 is 6.03 Å². The van der Waals surface area contributed by atoms with Gasteiger partial charge in [-0.15, -0.1) is 0 Å². The van der Waals surface area contributed by atoms with E-state index in [9.17, 15) is 22.8 Å². The number of fused-ring (bicyclic) bond motifs is 1. The zero-order chi connectivity index (χ0) is 27.6. The van der Waals surface area contributed by atoms with Crippen molar-refractivity contribution >= 4 is 40.3 Å². The van der Waals surface area contributed by atoms with Crippen LogP contribution in [0.25, 0.3) is 0 Å². The molecular formula is C28H27N3O6S2. The van der Waals surface area contributed by atoms with Crippen LogP contribution in [0.4, 0.5) is 4.79 Å². The third kappa shape index (κ3) is 5.79. The van der Waals surface area contributed by atoms with E-state index in [0.717, 1.165) is 4.90 Å². The van der Waals surface area contributed by atoms with Gasteiger partial charge in [0.2, 0.25) is 0 Å². The van der Waals surface area contributed by atoms with Crippen molar-refractivity contribution in [2.45, 2.75) is 10.1 Å². The third-order valence-electron chi connectivity index (χ3n) is 6.78. The molecule has 3 aromatic carbocycles. The number of ether oxygens (including phenoxy) is 1. The predicted molar refractivity (Wildman–Crippen MR) is 148 cm³/mol. The Bertz CT molecular complexity index is 1460. The monoisotopic (exact) mass is 565 g/mol. The Balaban J connectivity index is 1.12. The first-order valence-corrected chi connectivity index (χ1v) is 14.6. The van der Waals surface area contributed by atoms with E-state index in [1.807, 2.05) is 30.3 Å². The van der Waals surface area contributed by atoms with Gasteiger partial charge in [0.15, 0.2) is 9.84 Å². The minimum Gasteiger partial charge on any atom is -0.457 e. The van der Waals surface area contributed by atoms with Gasteiger partial charge in [-0.1, -0.05) is 30.3 Å². The summed E-state index contributed by atoms with van der Waals surface area (Å²) in [5, 5.41) is 2.41.